The van der Waals surface area contributed by atoms with Gasteiger partial charge in [0.05, 0.1) is 12.2 Å². The maximum absolute atomic E-state index is 5.67. The van der Waals surface area contributed by atoms with E-state index in [0.717, 1.165) is 25.4 Å². The molecule has 0 aromatic carbocycles. The van der Waals surface area contributed by atoms with Crippen molar-refractivity contribution in [1.82, 2.24) is 4.90 Å². The van der Waals surface area contributed by atoms with Crippen molar-refractivity contribution in [3.05, 3.63) is 0 Å². The van der Waals surface area contributed by atoms with Crippen LogP contribution in [-0.2, 0) is 4.74 Å². The van der Waals surface area contributed by atoms with Crippen LogP contribution in [0.25, 0.3) is 0 Å². The highest BCUT2D eigenvalue weighted by Crippen LogP contribution is 2.12. The maximum Gasteiger partial charge on any atom is 0.0678 e. The van der Waals surface area contributed by atoms with Gasteiger partial charge >= 0.3 is 0 Å². The Morgan fingerprint density at radius 1 is 1.38 bits per heavy atom. The van der Waals surface area contributed by atoms with E-state index < -0.39 is 0 Å². The van der Waals surface area contributed by atoms with E-state index >= 15 is 0 Å². The van der Waals surface area contributed by atoms with Crippen molar-refractivity contribution >= 4 is 12.6 Å². The van der Waals surface area contributed by atoms with Crippen LogP contribution in [0.3, 0.4) is 0 Å². The molecular formula is C10H21NOS. The van der Waals surface area contributed by atoms with Crippen molar-refractivity contribution in [2.75, 3.05) is 25.4 Å². The zero-order chi connectivity index (χ0) is 9.84. The largest absolute Gasteiger partial charge is 0.373 e. The molecule has 0 amide bonds. The Balaban J connectivity index is 2.32. The van der Waals surface area contributed by atoms with Crippen molar-refractivity contribution in [1.29, 1.82) is 0 Å². The van der Waals surface area contributed by atoms with Crippen LogP contribution >= 0.6 is 12.6 Å². The molecule has 78 valence electrons. The van der Waals surface area contributed by atoms with Crippen LogP contribution in [0.1, 0.15) is 20.8 Å². The Bertz CT molecular complexity index is 144. The van der Waals surface area contributed by atoms with Crippen molar-refractivity contribution in [2.45, 2.75) is 33.0 Å². The summed E-state index contributed by atoms with van der Waals surface area (Å²) in [5.41, 5.74) is 0. The fraction of sp³-hybridized carbons (Fsp3) is 1.00. The smallest absolute Gasteiger partial charge is 0.0678 e. The highest BCUT2D eigenvalue weighted by Gasteiger charge is 2.22. The molecule has 0 spiro atoms. The molecular weight excluding hydrogens is 182 g/mol. The second-order valence-corrected chi connectivity index (χ2v) is 4.63. The molecule has 0 saturated carbocycles. The maximum atomic E-state index is 5.67. The van der Waals surface area contributed by atoms with Gasteiger partial charge in [-0.2, -0.15) is 12.6 Å². The fourth-order valence-electron chi connectivity index (χ4n) is 1.93. The van der Waals surface area contributed by atoms with Crippen LogP contribution < -0.4 is 0 Å². The summed E-state index contributed by atoms with van der Waals surface area (Å²) in [4.78, 5) is 2.49. The zero-order valence-electron chi connectivity index (χ0n) is 8.86. The molecule has 13 heavy (non-hydrogen) atoms. The number of hydrogen-bond donors (Lipinski definition) is 1. The van der Waals surface area contributed by atoms with E-state index in [0.29, 0.717) is 18.1 Å². The first-order valence-corrected chi connectivity index (χ1v) is 5.73. The first-order chi connectivity index (χ1) is 6.11. The summed E-state index contributed by atoms with van der Waals surface area (Å²) in [5, 5.41) is 0. The van der Waals surface area contributed by atoms with Crippen LogP contribution in [0.2, 0.25) is 0 Å². The number of hydrogen-bond acceptors (Lipinski definition) is 3. The summed E-state index contributed by atoms with van der Waals surface area (Å²) in [6.07, 6.45) is 0.770. The van der Waals surface area contributed by atoms with Gasteiger partial charge in [-0.1, -0.05) is 6.92 Å². The predicted molar refractivity (Wildman–Crippen MR) is 59.5 cm³/mol. The average molecular weight is 203 g/mol. The molecule has 0 bridgehead atoms. The number of morpholine rings is 1. The molecule has 1 heterocycles. The molecule has 1 aliphatic rings. The van der Waals surface area contributed by atoms with E-state index in [1.807, 2.05) is 0 Å². The third-order valence-electron chi connectivity index (χ3n) is 2.38. The lowest BCUT2D eigenvalue weighted by Gasteiger charge is -2.36. The molecule has 0 aliphatic carbocycles. The topological polar surface area (TPSA) is 12.5 Å². The standard InChI is InChI=1S/C10H21NOS/c1-8(7-13)4-11-5-9(2)12-10(3)6-11/h8-10,13H,4-7H2,1-3H3. The Hall–Kier alpha value is 0.270. The van der Waals surface area contributed by atoms with Crippen LogP contribution in [0.15, 0.2) is 0 Å². The molecule has 1 fully saturated rings. The quantitative estimate of drug-likeness (QED) is 0.700. The molecule has 1 aliphatic heterocycles. The number of nitrogens with zero attached hydrogens (tertiary/aromatic N) is 1. The summed E-state index contributed by atoms with van der Waals surface area (Å²) in [6.45, 7) is 9.84. The lowest BCUT2D eigenvalue weighted by atomic mass is 10.1. The minimum Gasteiger partial charge on any atom is -0.373 e. The van der Waals surface area contributed by atoms with Gasteiger partial charge in [-0.15, -0.1) is 0 Å². The Morgan fingerprint density at radius 3 is 2.38 bits per heavy atom. The number of ether oxygens (including phenoxy) is 1. The van der Waals surface area contributed by atoms with E-state index in [1.54, 1.807) is 0 Å². The molecule has 0 aromatic rings. The lowest BCUT2D eigenvalue weighted by molar-refractivity contribution is -0.0702. The molecule has 0 N–H and O–H groups in total. The van der Waals surface area contributed by atoms with Gasteiger partial charge in [-0.3, -0.25) is 4.90 Å². The molecule has 0 aromatic heterocycles. The van der Waals surface area contributed by atoms with Gasteiger partial charge in [-0.05, 0) is 25.5 Å². The lowest BCUT2D eigenvalue weighted by Crippen LogP contribution is -2.46. The third kappa shape index (κ3) is 3.88. The summed E-state index contributed by atoms with van der Waals surface area (Å²) >= 11 is 4.30. The first kappa shape index (κ1) is 11.3. The van der Waals surface area contributed by atoms with Gasteiger partial charge in [0.2, 0.25) is 0 Å². The molecule has 0 radical (unpaired) electrons. The monoisotopic (exact) mass is 203 g/mol. The molecule has 1 saturated heterocycles. The van der Waals surface area contributed by atoms with Crippen LogP contribution in [-0.4, -0.2) is 42.5 Å². The molecule has 1 rings (SSSR count). The van der Waals surface area contributed by atoms with E-state index in [4.69, 9.17) is 4.74 Å². The van der Waals surface area contributed by atoms with E-state index in [9.17, 15) is 0 Å². The third-order valence-corrected chi connectivity index (χ3v) is 3.00. The van der Waals surface area contributed by atoms with Gasteiger partial charge in [0, 0.05) is 19.6 Å². The highest BCUT2D eigenvalue weighted by atomic mass is 32.1. The van der Waals surface area contributed by atoms with Gasteiger partial charge in [-0.25, -0.2) is 0 Å². The Kier molecular flexibility index (Phi) is 4.56. The SMILES string of the molecule is CC(CS)CN1CC(C)OC(C)C1. The number of rotatable bonds is 3. The molecule has 3 unspecified atom stereocenters. The highest BCUT2D eigenvalue weighted by molar-refractivity contribution is 7.80. The Morgan fingerprint density at radius 2 is 1.92 bits per heavy atom. The minimum absolute atomic E-state index is 0.385. The van der Waals surface area contributed by atoms with Crippen LogP contribution in [0, 0.1) is 5.92 Å². The van der Waals surface area contributed by atoms with Crippen molar-refractivity contribution in [3.8, 4) is 0 Å². The molecule has 3 heteroatoms. The summed E-state index contributed by atoms with van der Waals surface area (Å²) in [7, 11) is 0. The van der Waals surface area contributed by atoms with Crippen LogP contribution in [0.5, 0.6) is 0 Å². The van der Waals surface area contributed by atoms with E-state index in [2.05, 4.69) is 38.3 Å². The van der Waals surface area contributed by atoms with Crippen molar-refractivity contribution in [3.63, 3.8) is 0 Å². The first-order valence-electron chi connectivity index (χ1n) is 5.10. The second kappa shape index (κ2) is 5.23. The van der Waals surface area contributed by atoms with Crippen LogP contribution in [0.4, 0.5) is 0 Å². The molecule has 3 atom stereocenters. The van der Waals surface area contributed by atoms with E-state index in [-0.39, 0.29) is 0 Å². The van der Waals surface area contributed by atoms with Gasteiger partial charge in [0.15, 0.2) is 0 Å². The summed E-state index contributed by atoms with van der Waals surface area (Å²) < 4.78 is 5.67. The van der Waals surface area contributed by atoms with Gasteiger partial charge in [0.1, 0.15) is 0 Å². The minimum atomic E-state index is 0.385. The second-order valence-electron chi connectivity index (χ2n) is 4.26. The van der Waals surface area contributed by atoms with Crippen molar-refractivity contribution < 1.29 is 4.74 Å². The van der Waals surface area contributed by atoms with Crippen molar-refractivity contribution in [2.24, 2.45) is 5.92 Å². The zero-order valence-corrected chi connectivity index (χ0v) is 9.76. The normalized spacial score (nSPS) is 33.2. The molecule has 2 nitrogen and oxygen atoms in total. The Labute approximate surface area is 87.0 Å². The van der Waals surface area contributed by atoms with Gasteiger partial charge < -0.3 is 4.74 Å². The number of thiol groups is 1. The fourth-order valence-corrected chi connectivity index (χ4v) is 2.05. The summed E-state index contributed by atoms with van der Waals surface area (Å²) in [6, 6.07) is 0. The average Bonchev–Trinajstić information content (AvgIpc) is 2.02. The summed E-state index contributed by atoms with van der Waals surface area (Å²) in [5.74, 6) is 1.65. The predicted octanol–water partition coefficient (Wildman–Crippen LogP) is 1.66. The van der Waals surface area contributed by atoms with Gasteiger partial charge in [0.25, 0.3) is 0 Å². The van der Waals surface area contributed by atoms with E-state index in [1.165, 1.54) is 0 Å².